The van der Waals surface area contributed by atoms with Crippen LogP contribution in [0.5, 0.6) is 0 Å². The van der Waals surface area contributed by atoms with Crippen LogP contribution in [0.1, 0.15) is 53.4 Å². The Morgan fingerprint density at radius 3 is 1.76 bits per heavy atom. The van der Waals surface area contributed by atoms with Crippen LogP contribution < -0.4 is 0 Å². The summed E-state index contributed by atoms with van der Waals surface area (Å²) in [6, 6.07) is 0. The Balaban J connectivity index is 1.71. The quantitative estimate of drug-likeness (QED) is 0.460. The van der Waals surface area contributed by atoms with Crippen LogP contribution in [0.2, 0.25) is 24.2 Å². The van der Waals surface area contributed by atoms with Crippen LogP contribution in [0, 0.1) is 47.3 Å². The molecule has 25 heavy (non-hydrogen) atoms. The van der Waals surface area contributed by atoms with Gasteiger partial charge >= 0.3 is 0 Å². The normalized spacial score (nSPS) is 52.2. The highest BCUT2D eigenvalue weighted by molar-refractivity contribution is 6.80. The van der Waals surface area contributed by atoms with Crippen molar-refractivity contribution in [3.05, 3.63) is 24.3 Å². The van der Waals surface area contributed by atoms with E-state index in [-0.39, 0.29) is 0 Å². The van der Waals surface area contributed by atoms with E-state index < -0.39 is 8.07 Å². The van der Waals surface area contributed by atoms with Gasteiger partial charge in [0.1, 0.15) is 0 Å². The Kier molecular flexibility index (Phi) is 4.62. The molecule has 0 N–H and O–H groups in total. The van der Waals surface area contributed by atoms with E-state index in [1.165, 1.54) is 25.7 Å². The lowest BCUT2D eigenvalue weighted by Crippen LogP contribution is -2.46. The zero-order valence-electron chi connectivity index (χ0n) is 17.4. The average molecular weight is 357 g/mol. The van der Waals surface area contributed by atoms with Crippen molar-refractivity contribution in [3.8, 4) is 0 Å². The van der Waals surface area contributed by atoms with Crippen molar-refractivity contribution in [3.63, 3.8) is 0 Å². The molecule has 3 saturated carbocycles. The van der Waals surface area contributed by atoms with E-state index in [4.69, 9.17) is 0 Å². The molecule has 0 aromatic heterocycles. The van der Waals surface area contributed by atoms with E-state index in [0.29, 0.717) is 0 Å². The van der Waals surface area contributed by atoms with Crippen LogP contribution in [-0.2, 0) is 0 Å². The van der Waals surface area contributed by atoms with Crippen molar-refractivity contribution in [1.29, 1.82) is 0 Å². The van der Waals surface area contributed by atoms with Gasteiger partial charge in [0.15, 0.2) is 0 Å². The molecule has 0 spiro atoms. The first-order valence-electron chi connectivity index (χ1n) is 11.2. The summed E-state index contributed by atoms with van der Waals surface area (Å²) in [5.74, 6) is 7.44. The summed E-state index contributed by atoms with van der Waals surface area (Å²) in [6.45, 7) is 15.9. The van der Waals surface area contributed by atoms with Crippen LogP contribution in [0.4, 0.5) is 0 Å². The van der Waals surface area contributed by atoms with E-state index in [9.17, 15) is 0 Å². The summed E-state index contributed by atoms with van der Waals surface area (Å²) in [5.41, 5.74) is 2.04. The third kappa shape index (κ3) is 2.58. The number of hydrogen-bond donors (Lipinski definition) is 0. The molecule has 0 aromatic carbocycles. The lowest BCUT2D eigenvalue weighted by Gasteiger charge is -2.46. The summed E-state index contributed by atoms with van der Waals surface area (Å²) in [7, 11) is -1.35. The number of rotatable bonds is 2. The fraction of sp³-hybridized carbons (Fsp3) is 0.833. The zero-order valence-corrected chi connectivity index (χ0v) is 18.4. The summed E-state index contributed by atoms with van der Waals surface area (Å²) in [6.07, 6.45) is 16.0. The molecule has 0 amide bonds. The van der Waals surface area contributed by atoms with E-state index in [1.54, 1.807) is 0 Å². The summed E-state index contributed by atoms with van der Waals surface area (Å²) in [5, 5.41) is 0. The molecule has 0 heterocycles. The average Bonchev–Trinajstić information content (AvgIpc) is 3.04. The van der Waals surface area contributed by atoms with Gasteiger partial charge in [-0.1, -0.05) is 84.4 Å². The van der Waals surface area contributed by atoms with Crippen LogP contribution in [-0.4, -0.2) is 8.07 Å². The van der Waals surface area contributed by atoms with Crippen molar-refractivity contribution in [2.75, 3.05) is 0 Å². The summed E-state index contributed by atoms with van der Waals surface area (Å²) in [4.78, 5) is 0. The molecule has 0 nitrogen and oxygen atoms in total. The maximum Gasteiger partial charge on any atom is 0.0550 e. The highest BCUT2D eigenvalue weighted by atomic mass is 28.3. The standard InChI is InChI=1S/C24H40Si/c1-15-16(2)18(4)23(17(15)3)25(5,6)24-21-13-9-7-11-19(21)20-12-8-10-14-22(20)24/h7,9,11,13,15-24H,8,10,12,14H2,1-6H3. The van der Waals surface area contributed by atoms with E-state index in [0.717, 1.165) is 58.4 Å². The topological polar surface area (TPSA) is 0 Å². The Hall–Kier alpha value is -0.303. The van der Waals surface area contributed by atoms with Crippen molar-refractivity contribution < 1.29 is 0 Å². The third-order valence-corrected chi connectivity index (χ3v) is 15.1. The molecule has 9 atom stereocenters. The van der Waals surface area contributed by atoms with Gasteiger partial charge in [-0.3, -0.25) is 0 Å². The first-order valence-corrected chi connectivity index (χ1v) is 14.4. The third-order valence-electron chi connectivity index (χ3n) is 9.81. The van der Waals surface area contributed by atoms with Crippen LogP contribution in [0.15, 0.2) is 24.3 Å². The molecule has 4 aliphatic carbocycles. The fourth-order valence-electron chi connectivity index (χ4n) is 8.54. The lowest BCUT2D eigenvalue weighted by atomic mass is 9.77. The zero-order chi connectivity index (χ0) is 17.9. The second-order valence-electron chi connectivity index (χ2n) is 10.8. The van der Waals surface area contributed by atoms with E-state index in [2.05, 4.69) is 65.1 Å². The molecule has 1 heteroatoms. The lowest BCUT2D eigenvalue weighted by molar-refractivity contribution is 0.246. The molecule has 140 valence electrons. The van der Waals surface area contributed by atoms with Gasteiger partial charge < -0.3 is 0 Å². The van der Waals surface area contributed by atoms with Gasteiger partial charge in [0.2, 0.25) is 0 Å². The molecule has 3 fully saturated rings. The first-order chi connectivity index (χ1) is 11.9. The highest BCUT2D eigenvalue weighted by Gasteiger charge is 2.60. The second kappa shape index (κ2) is 6.39. The van der Waals surface area contributed by atoms with E-state index in [1.807, 2.05) is 0 Å². The van der Waals surface area contributed by atoms with Crippen LogP contribution in [0.3, 0.4) is 0 Å². The van der Waals surface area contributed by atoms with Gasteiger partial charge in [-0.05, 0) is 64.8 Å². The number of fused-ring (bicyclic) bond motifs is 3. The molecule has 0 saturated heterocycles. The Morgan fingerprint density at radius 1 is 0.640 bits per heavy atom. The van der Waals surface area contributed by atoms with Crippen LogP contribution >= 0.6 is 0 Å². The Bertz CT molecular complexity index is 544. The maximum absolute atomic E-state index is 2.81. The molecular formula is C24H40Si. The monoisotopic (exact) mass is 356 g/mol. The van der Waals surface area contributed by atoms with Gasteiger partial charge in [-0.15, -0.1) is 0 Å². The van der Waals surface area contributed by atoms with Gasteiger partial charge in [0.05, 0.1) is 8.07 Å². The maximum atomic E-state index is 2.81. The number of allylic oxidation sites excluding steroid dienone is 4. The van der Waals surface area contributed by atoms with Gasteiger partial charge in [0.25, 0.3) is 0 Å². The molecule has 0 aromatic rings. The minimum atomic E-state index is -1.35. The molecule has 9 unspecified atom stereocenters. The van der Waals surface area contributed by atoms with Crippen molar-refractivity contribution >= 4 is 8.07 Å². The minimum Gasteiger partial charge on any atom is -0.0808 e. The van der Waals surface area contributed by atoms with E-state index >= 15 is 0 Å². The Labute approximate surface area is 157 Å². The predicted octanol–water partition coefficient (Wildman–Crippen LogP) is 7.17. The molecule has 0 aliphatic heterocycles. The van der Waals surface area contributed by atoms with Crippen molar-refractivity contribution in [1.82, 2.24) is 0 Å². The fourth-order valence-corrected chi connectivity index (χ4v) is 15.1. The molecule has 0 bridgehead atoms. The van der Waals surface area contributed by atoms with Crippen LogP contribution in [0.25, 0.3) is 0 Å². The van der Waals surface area contributed by atoms with Crippen molar-refractivity contribution in [2.24, 2.45) is 47.3 Å². The molecule has 0 radical (unpaired) electrons. The van der Waals surface area contributed by atoms with Gasteiger partial charge in [-0.2, -0.15) is 0 Å². The molecule has 4 rings (SSSR count). The second-order valence-corrected chi connectivity index (χ2v) is 15.8. The SMILES string of the molecule is CC1C(C)C(C)C([Si](C)(C)C2C3C=CC=CC3C3CCCCC32)C1C. The largest absolute Gasteiger partial charge is 0.0808 e. The summed E-state index contributed by atoms with van der Waals surface area (Å²) < 4.78 is 0. The molecular weight excluding hydrogens is 316 g/mol. The van der Waals surface area contributed by atoms with Crippen molar-refractivity contribution in [2.45, 2.75) is 77.6 Å². The number of hydrogen-bond acceptors (Lipinski definition) is 0. The van der Waals surface area contributed by atoms with Gasteiger partial charge in [0, 0.05) is 0 Å². The minimum absolute atomic E-state index is 0.866. The predicted molar refractivity (Wildman–Crippen MR) is 112 cm³/mol. The highest BCUT2D eigenvalue weighted by Crippen LogP contribution is 2.65. The first kappa shape index (κ1) is 18.1. The molecule has 4 aliphatic rings. The smallest absolute Gasteiger partial charge is 0.0550 e. The summed E-state index contributed by atoms with van der Waals surface area (Å²) >= 11 is 0. The van der Waals surface area contributed by atoms with Gasteiger partial charge in [-0.25, -0.2) is 0 Å². The Morgan fingerprint density at radius 2 is 1.16 bits per heavy atom.